The van der Waals surface area contributed by atoms with Gasteiger partial charge in [-0.2, -0.15) is 0 Å². The molecule has 0 N–H and O–H groups in total. The lowest BCUT2D eigenvalue weighted by Gasteiger charge is -2.06. The highest BCUT2D eigenvalue weighted by Gasteiger charge is 2.04. The monoisotopic (exact) mass is 344 g/mol. The molecule has 0 fully saturated rings. The van der Waals surface area contributed by atoms with Gasteiger partial charge in [0.25, 0.3) is 0 Å². The van der Waals surface area contributed by atoms with E-state index in [0.29, 0.717) is 0 Å². The van der Waals surface area contributed by atoms with Crippen molar-refractivity contribution in [2.24, 2.45) is 9.98 Å². The highest BCUT2D eigenvalue weighted by Crippen LogP contribution is 2.27. The van der Waals surface area contributed by atoms with Gasteiger partial charge in [0, 0.05) is 12.4 Å². The molecule has 0 aromatic carbocycles. The van der Waals surface area contributed by atoms with Gasteiger partial charge >= 0.3 is 0 Å². The minimum atomic E-state index is 1.01. The maximum atomic E-state index is 3.70. The molecular weight excluding hydrogens is 332 g/mol. The van der Waals surface area contributed by atoms with E-state index in [1.54, 1.807) is 12.4 Å². The Labute approximate surface area is 114 Å². The molecule has 0 aliphatic heterocycles. The second kappa shape index (κ2) is 8.42. The van der Waals surface area contributed by atoms with Gasteiger partial charge in [-0.25, -0.2) is 0 Å². The van der Waals surface area contributed by atoms with Crippen LogP contribution in [0.15, 0.2) is 54.6 Å². The molecule has 16 heavy (non-hydrogen) atoms. The Morgan fingerprint density at radius 2 is 1.19 bits per heavy atom. The Kier molecular flexibility index (Phi) is 8.03. The van der Waals surface area contributed by atoms with E-state index in [1.807, 2.05) is 26.0 Å². The van der Waals surface area contributed by atoms with Crippen molar-refractivity contribution in [1.82, 2.24) is 0 Å². The summed E-state index contributed by atoms with van der Waals surface area (Å²) in [6, 6.07) is 0. The van der Waals surface area contributed by atoms with Gasteiger partial charge < -0.3 is 0 Å². The standard InChI is InChI=1S/C12H14Br2N2/c1-9(13)11(5-7-15-3)12(10(2)14)6-8-16-4/h5-8H,3-4H2,1-2H3/b7-5-,8-6-,11-9-,12-10+. The van der Waals surface area contributed by atoms with Crippen molar-refractivity contribution in [3.63, 3.8) is 0 Å². The quantitative estimate of drug-likeness (QED) is 0.507. The molecule has 2 nitrogen and oxygen atoms in total. The van der Waals surface area contributed by atoms with Crippen molar-refractivity contribution in [3.05, 3.63) is 44.7 Å². The molecule has 0 aromatic rings. The largest absolute Gasteiger partial charge is 0.272 e. The van der Waals surface area contributed by atoms with Gasteiger partial charge in [-0.05, 0) is 59.5 Å². The van der Waals surface area contributed by atoms with Gasteiger partial charge in [-0.3, -0.25) is 9.98 Å². The van der Waals surface area contributed by atoms with E-state index in [9.17, 15) is 0 Å². The molecule has 86 valence electrons. The summed E-state index contributed by atoms with van der Waals surface area (Å²) in [5.74, 6) is 0. The van der Waals surface area contributed by atoms with E-state index >= 15 is 0 Å². The average molecular weight is 346 g/mol. The second-order valence-electron chi connectivity index (χ2n) is 2.89. The Bertz CT molecular complexity index is 342. The molecule has 0 heterocycles. The SMILES string of the molecule is C=N\C=C/C(=C(\C)Br)C(/C=C\N=C)=C(\C)Br. The zero-order chi connectivity index (χ0) is 12.6. The fourth-order valence-electron chi connectivity index (χ4n) is 1.03. The summed E-state index contributed by atoms with van der Waals surface area (Å²) in [4.78, 5) is 7.39. The first-order valence-electron chi connectivity index (χ1n) is 4.52. The Hall–Kier alpha value is -0.740. The van der Waals surface area contributed by atoms with Crippen LogP contribution in [0.4, 0.5) is 0 Å². The van der Waals surface area contributed by atoms with Crippen LogP contribution in [-0.4, -0.2) is 13.4 Å². The third-order valence-electron chi connectivity index (χ3n) is 1.73. The van der Waals surface area contributed by atoms with E-state index in [2.05, 4.69) is 55.3 Å². The third kappa shape index (κ3) is 5.37. The van der Waals surface area contributed by atoms with E-state index in [-0.39, 0.29) is 0 Å². The lowest BCUT2D eigenvalue weighted by molar-refractivity contribution is 1.41. The van der Waals surface area contributed by atoms with E-state index in [1.165, 1.54) is 0 Å². The summed E-state index contributed by atoms with van der Waals surface area (Å²) < 4.78 is 2.02. The summed E-state index contributed by atoms with van der Waals surface area (Å²) in [5, 5.41) is 0. The number of halogens is 2. The first-order valence-corrected chi connectivity index (χ1v) is 6.11. The van der Waals surface area contributed by atoms with E-state index < -0.39 is 0 Å². The molecule has 0 saturated heterocycles. The lowest BCUT2D eigenvalue weighted by Crippen LogP contribution is -1.87. The third-order valence-corrected chi connectivity index (χ3v) is 2.58. The van der Waals surface area contributed by atoms with Crippen LogP contribution in [0.25, 0.3) is 0 Å². The first kappa shape index (κ1) is 15.3. The molecule has 0 aliphatic rings. The lowest BCUT2D eigenvalue weighted by atomic mass is 10.1. The van der Waals surface area contributed by atoms with Crippen molar-refractivity contribution in [2.45, 2.75) is 13.8 Å². The van der Waals surface area contributed by atoms with E-state index in [0.717, 1.165) is 20.1 Å². The number of hydrogen-bond donors (Lipinski definition) is 0. The first-order chi connectivity index (χ1) is 7.54. The molecule has 0 unspecified atom stereocenters. The molecule has 0 bridgehead atoms. The van der Waals surface area contributed by atoms with Gasteiger partial charge in [0.05, 0.1) is 0 Å². The molecule has 0 aromatic heterocycles. The average Bonchev–Trinajstić information content (AvgIpc) is 2.21. The van der Waals surface area contributed by atoms with Crippen LogP contribution in [0.1, 0.15) is 13.8 Å². The van der Waals surface area contributed by atoms with Crippen molar-refractivity contribution in [2.75, 3.05) is 0 Å². The molecule has 0 amide bonds. The number of nitrogens with zero attached hydrogens (tertiary/aromatic N) is 2. The molecule has 0 spiro atoms. The van der Waals surface area contributed by atoms with Crippen LogP contribution < -0.4 is 0 Å². The Morgan fingerprint density at radius 3 is 1.38 bits per heavy atom. The van der Waals surface area contributed by atoms with Gasteiger partial charge in [0.15, 0.2) is 0 Å². The van der Waals surface area contributed by atoms with Crippen LogP contribution in [0.2, 0.25) is 0 Å². The summed E-state index contributed by atoms with van der Waals surface area (Å²) >= 11 is 6.93. The minimum Gasteiger partial charge on any atom is -0.272 e. The number of aliphatic imine (C=N–C) groups is 2. The summed E-state index contributed by atoms with van der Waals surface area (Å²) in [5.41, 5.74) is 2.03. The van der Waals surface area contributed by atoms with Crippen LogP contribution >= 0.6 is 31.9 Å². The second-order valence-corrected chi connectivity index (χ2v) is 5.27. The maximum absolute atomic E-state index is 3.70. The fraction of sp³-hybridized carbons (Fsp3) is 0.167. The van der Waals surface area contributed by atoms with Crippen LogP contribution in [0.3, 0.4) is 0 Å². The van der Waals surface area contributed by atoms with Gasteiger partial charge in [0.2, 0.25) is 0 Å². The number of hydrogen-bond acceptors (Lipinski definition) is 2. The van der Waals surface area contributed by atoms with Crippen LogP contribution in [0, 0.1) is 0 Å². The molecule has 0 saturated carbocycles. The fourth-order valence-corrected chi connectivity index (χ4v) is 1.73. The summed E-state index contributed by atoms with van der Waals surface area (Å²) in [6.07, 6.45) is 7.05. The highest BCUT2D eigenvalue weighted by molar-refractivity contribution is 9.12. The Morgan fingerprint density at radius 1 is 0.875 bits per heavy atom. The maximum Gasteiger partial charge on any atom is 0.0267 e. The molecular formula is C12H14Br2N2. The van der Waals surface area contributed by atoms with Crippen LogP contribution in [-0.2, 0) is 0 Å². The highest BCUT2D eigenvalue weighted by atomic mass is 79.9. The van der Waals surface area contributed by atoms with Gasteiger partial charge in [-0.15, -0.1) is 0 Å². The topological polar surface area (TPSA) is 24.7 Å². The molecule has 0 atom stereocenters. The summed E-state index contributed by atoms with van der Waals surface area (Å²) in [6.45, 7) is 10.8. The van der Waals surface area contributed by atoms with E-state index in [4.69, 9.17) is 0 Å². The molecule has 0 radical (unpaired) electrons. The van der Waals surface area contributed by atoms with Crippen molar-refractivity contribution in [1.29, 1.82) is 0 Å². The molecule has 0 rings (SSSR count). The van der Waals surface area contributed by atoms with Crippen LogP contribution in [0.5, 0.6) is 0 Å². The van der Waals surface area contributed by atoms with Crippen molar-refractivity contribution < 1.29 is 0 Å². The smallest absolute Gasteiger partial charge is 0.0267 e. The Balaban J connectivity index is 5.49. The number of rotatable bonds is 5. The molecule has 0 aliphatic carbocycles. The minimum absolute atomic E-state index is 1.01. The van der Waals surface area contributed by atoms with Gasteiger partial charge in [-0.1, -0.05) is 31.9 Å². The van der Waals surface area contributed by atoms with Gasteiger partial charge in [0.1, 0.15) is 0 Å². The van der Waals surface area contributed by atoms with Crippen molar-refractivity contribution in [3.8, 4) is 0 Å². The zero-order valence-corrected chi connectivity index (χ0v) is 12.5. The predicted octanol–water partition coefficient (Wildman–Crippen LogP) is 4.75. The predicted molar refractivity (Wildman–Crippen MR) is 80.6 cm³/mol. The zero-order valence-electron chi connectivity index (χ0n) is 9.37. The van der Waals surface area contributed by atoms with Crippen molar-refractivity contribution >= 4 is 45.3 Å². The number of allylic oxidation sites excluding steroid dienone is 6. The molecule has 4 heteroatoms. The summed E-state index contributed by atoms with van der Waals surface area (Å²) in [7, 11) is 0. The normalized spacial score (nSPS) is 15.0.